The fraction of sp³-hybridized carbons (Fsp3) is 0.143. The second kappa shape index (κ2) is 5.51. The van der Waals surface area contributed by atoms with Gasteiger partial charge in [0, 0.05) is 0 Å². The molecule has 0 fully saturated rings. The molecule has 0 saturated heterocycles. The SMILES string of the molecule is Cc1ccc(N)c(OCc2ccc(Cl)c(Cl)c2)c1. The highest BCUT2D eigenvalue weighted by molar-refractivity contribution is 6.42. The monoisotopic (exact) mass is 281 g/mol. The van der Waals surface area contributed by atoms with Crippen LogP contribution in [0, 0.1) is 6.92 Å². The number of halogens is 2. The number of ether oxygens (including phenoxy) is 1. The summed E-state index contributed by atoms with van der Waals surface area (Å²) in [7, 11) is 0. The molecule has 2 N–H and O–H groups in total. The van der Waals surface area contributed by atoms with E-state index in [0.717, 1.165) is 11.1 Å². The summed E-state index contributed by atoms with van der Waals surface area (Å²) >= 11 is 11.8. The van der Waals surface area contributed by atoms with Crippen molar-refractivity contribution in [2.45, 2.75) is 13.5 Å². The molecule has 0 atom stereocenters. The van der Waals surface area contributed by atoms with Gasteiger partial charge in [-0.3, -0.25) is 0 Å². The van der Waals surface area contributed by atoms with Crippen molar-refractivity contribution in [3.05, 3.63) is 57.6 Å². The molecule has 0 unspecified atom stereocenters. The van der Waals surface area contributed by atoms with Crippen molar-refractivity contribution in [1.82, 2.24) is 0 Å². The van der Waals surface area contributed by atoms with E-state index in [1.165, 1.54) is 0 Å². The minimum Gasteiger partial charge on any atom is -0.487 e. The third-order valence-electron chi connectivity index (χ3n) is 2.55. The van der Waals surface area contributed by atoms with E-state index in [-0.39, 0.29) is 0 Å². The molecule has 0 aliphatic carbocycles. The van der Waals surface area contributed by atoms with Crippen LogP contribution in [0.2, 0.25) is 10.0 Å². The highest BCUT2D eigenvalue weighted by Crippen LogP contribution is 2.26. The molecule has 0 aromatic heterocycles. The first kappa shape index (κ1) is 13.1. The van der Waals surface area contributed by atoms with Crippen LogP contribution >= 0.6 is 23.2 Å². The van der Waals surface area contributed by atoms with Gasteiger partial charge in [-0.1, -0.05) is 35.3 Å². The van der Waals surface area contributed by atoms with Gasteiger partial charge in [-0.15, -0.1) is 0 Å². The molecule has 0 aliphatic heterocycles. The van der Waals surface area contributed by atoms with E-state index in [9.17, 15) is 0 Å². The predicted molar refractivity (Wildman–Crippen MR) is 76.4 cm³/mol. The summed E-state index contributed by atoms with van der Waals surface area (Å²) in [6, 6.07) is 11.1. The lowest BCUT2D eigenvalue weighted by molar-refractivity contribution is 0.308. The molecule has 0 radical (unpaired) electrons. The highest BCUT2D eigenvalue weighted by atomic mass is 35.5. The van der Waals surface area contributed by atoms with Gasteiger partial charge in [0.05, 0.1) is 15.7 Å². The first-order valence-electron chi connectivity index (χ1n) is 5.49. The molecule has 0 spiro atoms. The van der Waals surface area contributed by atoms with E-state index in [2.05, 4.69) is 0 Å². The van der Waals surface area contributed by atoms with Crippen LogP contribution in [0.15, 0.2) is 36.4 Å². The van der Waals surface area contributed by atoms with E-state index in [0.29, 0.717) is 28.1 Å². The van der Waals surface area contributed by atoms with Crippen LogP contribution in [-0.4, -0.2) is 0 Å². The third kappa shape index (κ3) is 3.09. The van der Waals surface area contributed by atoms with Gasteiger partial charge in [0.25, 0.3) is 0 Å². The lowest BCUT2D eigenvalue weighted by Crippen LogP contribution is -1.99. The van der Waals surface area contributed by atoms with Crippen molar-refractivity contribution < 1.29 is 4.74 Å². The lowest BCUT2D eigenvalue weighted by atomic mass is 10.2. The van der Waals surface area contributed by atoms with Gasteiger partial charge in [0.15, 0.2) is 0 Å². The zero-order valence-corrected chi connectivity index (χ0v) is 11.4. The highest BCUT2D eigenvalue weighted by Gasteiger charge is 2.03. The van der Waals surface area contributed by atoms with E-state index < -0.39 is 0 Å². The van der Waals surface area contributed by atoms with Gasteiger partial charge in [-0.05, 0) is 42.3 Å². The number of rotatable bonds is 3. The van der Waals surface area contributed by atoms with E-state index >= 15 is 0 Å². The summed E-state index contributed by atoms with van der Waals surface area (Å²) in [6.45, 7) is 2.40. The Morgan fingerprint density at radius 3 is 2.56 bits per heavy atom. The second-order valence-corrected chi connectivity index (χ2v) is 4.89. The Morgan fingerprint density at radius 2 is 1.83 bits per heavy atom. The number of hydrogen-bond acceptors (Lipinski definition) is 2. The first-order valence-corrected chi connectivity index (χ1v) is 6.24. The first-order chi connectivity index (χ1) is 8.56. The molecule has 94 valence electrons. The number of hydrogen-bond donors (Lipinski definition) is 1. The average Bonchev–Trinajstić information content (AvgIpc) is 2.34. The second-order valence-electron chi connectivity index (χ2n) is 4.08. The Balaban J connectivity index is 2.11. The largest absolute Gasteiger partial charge is 0.487 e. The van der Waals surface area contributed by atoms with Crippen LogP contribution in [0.3, 0.4) is 0 Å². The summed E-state index contributed by atoms with van der Waals surface area (Å²) in [5.41, 5.74) is 8.52. The standard InChI is InChI=1S/C14H13Cl2NO/c1-9-2-5-13(17)14(6-9)18-8-10-3-4-11(15)12(16)7-10/h2-7H,8,17H2,1H3. The summed E-state index contributed by atoms with van der Waals surface area (Å²) in [5.74, 6) is 0.682. The van der Waals surface area contributed by atoms with E-state index in [1.54, 1.807) is 12.1 Å². The Bertz CT molecular complexity index is 570. The van der Waals surface area contributed by atoms with Crippen LogP contribution in [0.5, 0.6) is 5.75 Å². The lowest BCUT2D eigenvalue weighted by Gasteiger charge is -2.10. The van der Waals surface area contributed by atoms with Crippen LogP contribution in [0.25, 0.3) is 0 Å². The number of aryl methyl sites for hydroxylation is 1. The molecule has 2 aromatic rings. The van der Waals surface area contributed by atoms with Crippen molar-refractivity contribution in [3.63, 3.8) is 0 Å². The summed E-state index contributed by atoms with van der Waals surface area (Å²) in [4.78, 5) is 0. The maximum absolute atomic E-state index is 5.94. The number of anilines is 1. The van der Waals surface area contributed by atoms with Gasteiger partial charge in [-0.2, -0.15) is 0 Å². The van der Waals surface area contributed by atoms with Crippen LogP contribution < -0.4 is 10.5 Å². The van der Waals surface area contributed by atoms with E-state index in [1.807, 2.05) is 31.2 Å². The fourth-order valence-electron chi connectivity index (χ4n) is 1.56. The molecule has 0 saturated carbocycles. The summed E-state index contributed by atoms with van der Waals surface area (Å²) < 4.78 is 5.67. The molecular formula is C14H13Cl2NO. The smallest absolute Gasteiger partial charge is 0.142 e. The number of nitrogen functional groups attached to an aromatic ring is 1. The van der Waals surface area contributed by atoms with Gasteiger partial charge in [0.1, 0.15) is 12.4 Å². The Morgan fingerprint density at radius 1 is 1.06 bits per heavy atom. The van der Waals surface area contributed by atoms with Crippen molar-refractivity contribution in [1.29, 1.82) is 0 Å². The molecule has 2 aromatic carbocycles. The zero-order chi connectivity index (χ0) is 13.1. The maximum atomic E-state index is 5.94. The van der Waals surface area contributed by atoms with Crippen molar-refractivity contribution in [2.24, 2.45) is 0 Å². The topological polar surface area (TPSA) is 35.2 Å². The number of benzene rings is 2. The molecular weight excluding hydrogens is 269 g/mol. The summed E-state index contributed by atoms with van der Waals surface area (Å²) in [5, 5.41) is 1.06. The van der Waals surface area contributed by atoms with Crippen LogP contribution in [-0.2, 0) is 6.61 Å². The molecule has 0 heterocycles. The normalized spacial score (nSPS) is 10.4. The van der Waals surface area contributed by atoms with Gasteiger partial charge < -0.3 is 10.5 Å². The minimum absolute atomic E-state index is 0.407. The van der Waals surface area contributed by atoms with E-state index in [4.69, 9.17) is 33.7 Å². The molecule has 0 aliphatic rings. The Labute approximate surface area is 116 Å². The van der Waals surface area contributed by atoms with Crippen molar-refractivity contribution in [3.8, 4) is 5.75 Å². The maximum Gasteiger partial charge on any atom is 0.142 e. The fourth-order valence-corrected chi connectivity index (χ4v) is 1.88. The quantitative estimate of drug-likeness (QED) is 0.843. The number of nitrogens with two attached hydrogens (primary N) is 1. The van der Waals surface area contributed by atoms with Gasteiger partial charge >= 0.3 is 0 Å². The summed E-state index contributed by atoms with van der Waals surface area (Å²) in [6.07, 6.45) is 0. The van der Waals surface area contributed by atoms with Crippen LogP contribution in [0.4, 0.5) is 5.69 Å². The van der Waals surface area contributed by atoms with Crippen molar-refractivity contribution in [2.75, 3.05) is 5.73 Å². The Hall–Kier alpha value is -1.38. The molecule has 2 nitrogen and oxygen atoms in total. The average molecular weight is 282 g/mol. The molecule has 2 rings (SSSR count). The minimum atomic E-state index is 0.407. The Kier molecular flexibility index (Phi) is 4.00. The van der Waals surface area contributed by atoms with Crippen LogP contribution in [0.1, 0.15) is 11.1 Å². The zero-order valence-electron chi connectivity index (χ0n) is 9.91. The third-order valence-corrected chi connectivity index (χ3v) is 3.29. The predicted octanol–water partition coefficient (Wildman–Crippen LogP) is 4.46. The van der Waals surface area contributed by atoms with Gasteiger partial charge in [0.2, 0.25) is 0 Å². The molecule has 4 heteroatoms. The van der Waals surface area contributed by atoms with Gasteiger partial charge in [-0.25, -0.2) is 0 Å². The molecule has 0 bridgehead atoms. The van der Waals surface area contributed by atoms with Crippen molar-refractivity contribution >= 4 is 28.9 Å². The molecule has 18 heavy (non-hydrogen) atoms. The molecule has 0 amide bonds.